The smallest absolute Gasteiger partial charge is 0.307 e. The number of fused-ring (bicyclic) bond motifs is 2. The van der Waals surface area contributed by atoms with Crippen LogP contribution in [0, 0.1) is 11.8 Å². The number of anilines is 1. The van der Waals surface area contributed by atoms with Crippen LogP contribution in [-0.4, -0.2) is 73.2 Å². The minimum atomic E-state index is -0.550. The van der Waals surface area contributed by atoms with Gasteiger partial charge in [-0.05, 0) is 117 Å². The van der Waals surface area contributed by atoms with Gasteiger partial charge in [0.15, 0.2) is 6.23 Å². The van der Waals surface area contributed by atoms with Crippen molar-refractivity contribution < 1.29 is 24.9 Å². The van der Waals surface area contributed by atoms with Gasteiger partial charge < -0.3 is 29.9 Å². The SMILES string of the molecule is CC(OC(=O)CCC/C=C\C[C@@H]1[C@@H](CC[C@@H](O)CCc2ccccc2)[C@H](O)C[C@@H]1O)n1ccc2ccc(CN3CC[C@@H](Nc4cccc5cnccc45)C3)cc21. The van der Waals surface area contributed by atoms with E-state index in [1.165, 1.54) is 16.5 Å². The Morgan fingerprint density at radius 2 is 1.82 bits per heavy atom. The average Bonchev–Trinajstić information content (AvgIpc) is 3.91. The highest BCUT2D eigenvalue weighted by atomic mass is 16.6. The molecule has 9 nitrogen and oxygen atoms in total. The molecule has 1 saturated heterocycles. The van der Waals surface area contributed by atoms with Gasteiger partial charge in [-0.1, -0.05) is 66.7 Å². The molecule has 7 rings (SSSR count). The molecule has 1 aliphatic heterocycles. The summed E-state index contributed by atoms with van der Waals surface area (Å²) in [5, 5.41) is 39.2. The van der Waals surface area contributed by atoms with Crippen LogP contribution in [0.2, 0.25) is 0 Å². The molecular formula is C47H58N4O5. The number of aliphatic hydroxyl groups excluding tert-OH is 3. The molecule has 2 aromatic heterocycles. The molecule has 1 aliphatic carbocycles. The van der Waals surface area contributed by atoms with E-state index in [9.17, 15) is 20.1 Å². The van der Waals surface area contributed by atoms with E-state index in [1.54, 1.807) is 0 Å². The van der Waals surface area contributed by atoms with Gasteiger partial charge in [-0.15, -0.1) is 0 Å². The van der Waals surface area contributed by atoms with Gasteiger partial charge in [0.1, 0.15) is 0 Å². The van der Waals surface area contributed by atoms with Crippen molar-refractivity contribution in [1.82, 2.24) is 14.5 Å². The van der Waals surface area contributed by atoms with Crippen molar-refractivity contribution in [1.29, 1.82) is 0 Å². The van der Waals surface area contributed by atoms with Crippen molar-refractivity contribution in [3.05, 3.63) is 121 Å². The molecule has 7 atom stereocenters. The monoisotopic (exact) mass is 758 g/mol. The Kier molecular flexibility index (Phi) is 13.5. The number of aromatic nitrogens is 2. The number of carbonyl (C=O) groups excluding carboxylic acids is 1. The molecule has 4 N–H and O–H groups in total. The lowest BCUT2D eigenvalue weighted by molar-refractivity contribution is -0.152. The number of esters is 1. The van der Waals surface area contributed by atoms with Crippen molar-refractivity contribution in [2.24, 2.45) is 11.8 Å². The van der Waals surface area contributed by atoms with Gasteiger partial charge in [0, 0.05) is 67.1 Å². The number of nitrogens with zero attached hydrogens (tertiary/aromatic N) is 3. The molecule has 9 heteroatoms. The van der Waals surface area contributed by atoms with Crippen LogP contribution in [-0.2, 0) is 22.5 Å². The van der Waals surface area contributed by atoms with Crippen LogP contribution in [0.1, 0.15) is 82.1 Å². The third-order valence-corrected chi connectivity index (χ3v) is 12.0. The standard InChI is InChI=1S/C47H58N4O5/c1-33(56-47(55)15-8-3-2-7-13-41-42(46(54)29-45(41)53)21-20-39(52)19-17-34-10-5-4-6-11-34)51-27-23-36-18-16-35(28-44(36)51)31-50-26-24-38(32-50)49-43-14-9-12-37-30-48-25-22-40(37)43/h2,4-7,9-12,14,16,18,22-23,25,27-28,30,33,38-39,41-42,45-46,49,52-54H,3,8,13,15,17,19-21,24,26,29,31-32H2,1H3/b7-2-/t33?,38-,39+,41-,42-,45+,46-/m1/s1. The summed E-state index contributed by atoms with van der Waals surface area (Å²) in [6, 6.07) is 27.6. The summed E-state index contributed by atoms with van der Waals surface area (Å²) in [6.07, 6.45) is 14.6. The number of likely N-dealkylation sites (tertiary alicyclic amines) is 1. The lowest BCUT2D eigenvalue weighted by atomic mass is 9.85. The number of hydrogen-bond acceptors (Lipinski definition) is 8. The quantitative estimate of drug-likeness (QED) is 0.0402. The highest BCUT2D eigenvalue weighted by Crippen LogP contribution is 2.38. The van der Waals surface area contributed by atoms with Gasteiger partial charge in [0.25, 0.3) is 0 Å². The number of aliphatic hydroxyl groups is 3. The molecule has 2 fully saturated rings. The van der Waals surface area contributed by atoms with Crippen LogP contribution in [0.25, 0.3) is 21.7 Å². The Morgan fingerprint density at radius 3 is 2.70 bits per heavy atom. The summed E-state index contributed by atoms with van der Waals surface area (Å²) >= 11 is 0. The first-order chi connectivity index (χ1) is 27.3. The normalized spacial score (nSPS) is 22.6. The number of hydrogen-bond donors (Lipinski definition) is 4. The molecule has 296 valence electrons. The fourth-order valence-corrected chi connectivity index (χ4v) is 8.89. The molecule has 56 heavy (non-hydrogen) atoms. The molecule has 0 radical (unpaired) electrons. The molecule has 0 spiro atoms. The van der Waals surface area contributed by atoms with Gasteiger partial charge in [-0.25, -0.2) is 0 Å². The van der Waals surface area contributed by atoms with Crippen LogP contribution < -0.4 is 5.32 Å². The van der Waals surface area contributed by atoms with E-state index in [1.807, 2.05) is 48.3 Å². The Hall–Kier alpha value is -4.54. The first-order valence-corrected chi connectivity index (χ1v) is 20.6. The number of rotatable bonds is 18. The molecule has 3 aromatic carbocycles. The number of pyridine rings is 1. The number of nitrogens with one attached hydrogen (secondary N) is 1. The molecular weight excluding hydrogens is 701 g/mol. The average molecular weight is 759 g/mol. The number of ether oxygens (including phenoxy) is 1. The van der Waals surface area contributed by atoms with Crippen LogP contribution in [0.4, 0.5) is 5.69 Å². The molecule has 3 heterocycles. The van der Waals surface area contributed by atoms with Crippen LogP contribution in [0.3, 0.4) is 0 Å². The zero-order chi connectivity index (χ0) is 38.9. The minimum absolute atomic E-state index is 0.0339. The number of allylic oxidation sites excluding steroid dienone is 2. The fraction of sp³-hybridized carbons (Fsp3) is 0.447. The van der Waals surface area contributed by atoms with Crippen molar-refractivity contribution in [3.8, 4) is 0 Å². The maximum Gasteiger partial charge on any atom is 0.307 e. The number of aryl methyl sites for hydroxylation is 1. The highest BCUT2D eigenvalue weighted by molar-refractivity contribution is 5.93. The van der Waals surface area contributed by atoms with Crippen molar-refractivity contribution >= 4 is 33.3 Å². The van der Waals surface area contributed by atoms with Crippen molar-refractivity contribution in [2.75, 3.05) is 18.4 Å². The Bertz CT molecular complexity index is 2040. The molecule has 5 aromatic rings. The minimum Gasteiger partial charge on any atom is -0.441 e. The van der Waals surface area contributed by atoms with Crippen LogP contribution >= 0.6 is 0 Å². The van der Waals surface area contributed by atoms with E-state index in [4.69, 9.17) is 4.74 Å². The zero-order valence-corrected chi connectivity index (χ0v) is 32.6. The second-order valence-electron chi connectivity index (χ2n) is 16.0. The Labute approximate surface area is 331 Å². The van der Waals surface area contributed by atoms with Gasteiger partial charge in [0.2, 0.25) is 0 Å². The topological polar surface area (TPSA) is 120 Å². The van der Waals surface area contributed by atoms with Gasteiger partial charge in [-0.3, -0.25) is 14.7 Å². The maximum atomic E-state index is 12.9. The summed E-state index contributed by atoms with van der Waals surface area (Å²) in [6.45, 7) is 4.78. The lowest BCUT2D eigenvalue weighted by Crippen LogP contribution is -2.26. The largest absolute Gasteiger partial charge is 0.441 e. The van der Waals surface area contributed by atoms with Gasteiger partial charge in [-0.2, -0.15) is 0 Å². The molecule has 1 saturated carbocycles. The van der Waals surface area contributed by atoms with Crippen molar-refractivity contribution in [2.45, 2.75) is 108 Å². The third-order valence-electron chi connectivity index (χ3n) is 12.0. The molecule has 0 bridgehead atoms. The van der Waals surface area contributed by atoms with E-state index in [0.29, 0.717) is 51.0 Å². The first-order valence-electron chi connectivity index (χ1n) is 20.6. The van der Waals surface area contributed by atoms with Gasteiger partial charge in [0.05, 0.1) is 23.8 Å². The summed E-state index contributed by atoms with van der Waals surface area (Å²) in [4.78, 5) is 19.6. The highest BCUT2D eigenvalue weighted by Gasteiger charge is 2.40. The van der Waals surface area contributed by atoms with Crippen molar-refractivity contribution in [3.63, 3.8) is 0 Å². The van der Waals surface area contributed by atoms with E-state index in [-0.39, 0.29) is 17.8 Å². The predicted molar refractivity (Wildman–Crippen MR) is 223 cm³/mol. The summed E-state index contributed by atoms with van der Waals surface area (Å²) < 4.78 is 7.93. The summed E-state index contributed by atoms with van der Waals surface area (Å²) in [5.41, 5.74) is 4.67. The van der Waals surface area contributed by atoms with Crippen LogP contribution in [0.15, 0.2) is 110 Å². The molecule has 1 unspecified atom stereocenters. The van der Waals surface area contributed by atoms with E-state index in [2.05, 4.69) is 88.0 Å². The molecule has 0 amide bonds. The second kappa shape index (κ2) is 19.1. The fourth-order valence-electron chi connectivity index (χ4n) is 8.89. The summed E-state index contributed by atoms with van der Waals surface area (Å²) in [5.74, 6) is -0.288. The molecule has 2 aliphatic rings. The van der Waals surface area contributed by atoms with E-state index >= 15 is 0 Å². The Balaban J connectivity index is 0.829. The third kappa shape index (κ3) is 10.2. The number of carbonyl (C=O) groups is 1. The number of unbranched alkanes of at least 4 members (excludes halogenated alkanes) is 1. The van der Waals surface area contributed by atoms with Gasteiger partial charge >= 0.3 is 5.97 Å². The zero-order valence-electron chi connectivity index (χ0n) is 32.6. The first kappa shape index (κ1) is 39.7. The second-order valence-corrected chi connectivity index (χ2v) is 16.0. The Morgan fingerprint density at radius 1 is 0.964 bits per heavy atom. The van der Waals surface area contributed by atoms with Crippen LogP contribution in [0.5, 0.6) is 0 Å². The summed E-state index contributed by atoms with van der Waals surface area (Å²) in [7, 11) is 0. The van der Waals surface area contributed by atoms with E-state index < -0.39 is 24.5 Å². The number of benzene rings is 3. The van der Waals surface area contributed by atoms with E-state index in [0.717, 1.165) is 60.9 Å². The maximum absolute atomic E-state index is 12.9. The lowest BCUT2D eigenvalue weighted by Gasteiger charge is -2.23. The predicted octanol–water partition coefficient (Wildman–Crippen LogP) is 8.19.